The molecule has 0 radical (unpaired) electrons. The van der Waals surface area contributed by atoms with Crippen molar-refractivity contribution in [2.75, 3.05) is 19.4 Å². The van der Waals surface area contributed by atoms with Crippen LogP contribution >= 0.6 is 11.8 Å². The van der Waals surface area contributed by atoms with Crippen molar-refractivity contribution in [3.8, 4) is 0 Å². The summed E-state index contributed by atoms with van der Waals surface area (Å²) in [6.07, 6.45) is 0. The lowest BCUT2D eigenvalue weighted by Crippen LogP contribution is -2.35. The van der Waals surface area contributed by atoms with E-state index >= 15 is 0 Å². The van der Waals surface area contributed by atoms with Gasteiger partial charge >= 0.3 is 0 Å². The summed E-state index contributed by atoms with van der Waals surface area (Å²) in [4.78, 5) is 12.6. The van der Waals surface area contributed by atoms with E-state index in [-0.39, 0.29) is 17.7 Å². The molecule has 1 atom stereocenters. The minimum atomic E-state index is -3.45. The highest BCUT2D eigenvalue weighted by Gasteiger charge is 2.23. The molecule has 2 N–H and O–H groups in total. The van der Waals surface area contributed by atoms with Gasteiger partial charge in [0.25, 0.3) is 10.2 Å². The largest absolute Gasteiger partial charge is 0.324 e. The monoisotopic (exact) mass is 315 g/mol. The first-order chi connectivity index (χ1) is 9.29. The molecule has 6 nitrogen and oxygen atoms in total. The Hall–Kier alpha value is -1.09. The molecule has 1 aromatic rings. The molecule has 0 saturated carbocycles. The van der Waals surface area contributed by atoms with Gasteiger partial charge < -0.3 is 5.32 Å². The lowest BCUT2D eigenvalue weighted by molar-refractivity contribution is -0.115. The molecule has 110 valence electrons. The summed E-state index contributed by atoms with van der Waals surface area (Å²) in [5.74, 6) is -0.0338. The standard InChI is InChI=1S/C12H17N3O3S2/c1-8-12(16)14-10-6-9(4-5-11(10)19-8)7-13-20(17,18)15(2)3/h4-6,8,13H,7H2,1-3H3,(H,14,16). The van der Waals surface area contributed by atoms with Crippen LogP contribution in [0.15, 0.2) is 23.1 Å². The van der Waals surface area contributed by atoms with Gasteiger partial charge in [-0.3, -0.25) is 4.79 Å². The summed E-state index contributed by atoms with van der Waals surface area (Å²) in [5, 5.41) is 2.71. The minimum Gasteiger partial charge on any atom is -0.324 e. The molecule has 1 aliphatic rings. The number of anilines is 1. The Bertz CT molecular complexity index is 629. The predicted octanol–water partition coefficient (Wildman–Crippen LogP) is 1.02. The Morgan fingerprint density at radius 2 is 2.10 bits per heavy atom. The zero-order chi connectivity index (χ0) is 14.9. The Morgan fingerprint density at radius 1 is 1.40 bits per heavy atom. The molecule has 0 aromatic heterocycles. The van der Waals surface area contributed by atoms with Gasteiger partial charge in [-0.2, -0.15) is 17.4 Å². The first-order valence-electron chi connectivity index (χ1n) is 6.07. The molecular weight excluding hydrogens is 298 g/mol. The highest BCUT2D eigenvalue weighted by atomic mass is 32.2. The molecule has 1 aromatic carbocycles. The van der Waals surface area contributed by atoms with Crippen LogP contribution < -0.4 is 10.0 Å². The molecule has 20 heavy (non-hydrogen) atoms. The van der Waals surface area contributed by atoms with Crippen molar-refractivity contribution < 1.29 is 13.2 Å². The predicted molar refractivity (Wildman–Crippen MR) is 79.8 cm³/mol. The van der Waals surface area contributed by atoms with E-state index in [2.05, 4.69) is 10.0 Å². The van der Waals surface area contributed by atoms with Crippen molar-refractivity contribution in [1.29, 1.82) is 0 Å². The highest BCUT2D eigenvalue weighted by Crippen LogP contribution is 2.35. The van der Waals surface area contributed by atoms with Gasteiger partial charge in [-0.1, -0.05) is 6.07 Å². The van der Waals surface area contributed by atoms with Crippen molar-refractivity contribution in [2.24, 2.45) is 0 Å². The molecule has 0 saturated heterocycles. The van der Waals surface area contributed by atoms with E-state index in [1.165, 1.54) is 25.9 Å². The van der Waals surface area contributed by atoms with Crippen molar-refractivity contribution in [2.45, 2.75) is 23.6 Å². The van der Waals surface area contributed by atoms with E-state index in [1.54, 1.807) is 6.07 Å². The Labute approximate surface area is 123 Å². The summed E-state index contributed by atoms with van der Waals surface area (Å²) < 4.78 is 26.9. The summed E-state index contributed by atoms with van der Waals surface area (Å²) in [5.41, 5.74) is 1.53. The molecule has 2 rings (SSSR count). The van der Waals surface area contributed by atoms with Crippen LogP contribution in [0.4, 0.5) is 5.69 Å². The van der Waals surface area contributed by atoms with Crippen molar-refractivity contribution in [3.05, 3.63) is 23.8 Å². The summed E-state index contributed by atoms with van der Waals surface area (Å²) in [7, 11) is -0.515. The number of fused-ring (bicyclic) bond motifs is 1. The average Bonchev–Trinajstić information content (AvgIpc) is 2.37. The highest BCUT2D eigenvalue weighted by molar-refractivity contribution is 8.01. The van der Waals surface area contributed by atoms with E-state index < -0.39 is 10.2 Å². The molecule has 8 heteroatoms. The minimum absolute atomic E-state index is 0.0338. The molecule has 1 heterocycles. The third-order valence-corrected chi connectivity index (χ3v) is 5.56. The fourth-order valence-electron chi connectivity index (χ4n) is 1.67. The van der Waals surface area contributed by atoms with Crippen molar-refractivity contribution >= 4 is 33.6 Å². The Morgan fingerprint density at radius 3 is 2.75 bits per heavy atom. The average molecular weight is 315 g/mol. The molecule has 0 spiro atoms. The lowest BCUT2D eigenvalue weighted by atomic mass is 10.2. The SMILES string of the molecule is CC1Sc2ccc(CNS(=O)(=O)N(C)C)cc2NC1=O. The fraction of sp³-hybridized carbons (Fsp3) is 0.417. The molecule has 0 fully saturated rings. The zero-order valence-corrected chi connectivity index (χ0v) is 13.1. The number of benzene rings is 1. The second-order valence-corrected chi connectivity index (χ2v) is 8.04. The lowest BCUT2D eigenvalue weighted by Gasteiger charge is -2.22. The van der Waals surface area contributed by atoms with Gasteiger partial charge in [0.2, 0.25) is 5.91 Å². The number of thioether (sulfide) groups is 1. The van der Waals surface area contributed by atoms with Crippen LogP contribution in [0.1, 0.15) is 12.5 Å². The number of carbonyl (C=O) groups excluding carboxylic acids is 1. The van der Waals surface area contributed by atoms with Gasteiger partial charge in [0.15, 0.2) is 0 Å². The van der Waals surface area contributed by atoms with Crippen LogP contribution in [0.2, 0.25) is 0 Å². The molecule has 0 aliphatic carbocycles. The maximum atomic E-state index is 11.6. The smallest absolute Gasteiger partial charge is 0.279 e. The first-order valence-corrected chi connectivity index (χ1v) is 8.39. The zero-order valence-electron chi connectivity index (χ0n) is 11.5. The van der Waals surface area contributed by atoms with Gasteiger partial charge in [-0.15, -0.1) is 11.8 Å². The van der Waals surface area contributed by atoms with Gasteiger partial charge in [-0.05, 0) is 24.6 Å². The van der Waals surface area contributed by atoms with Crippen LogP contribution in [0.25, 0.3) is 0 Å². The van der Waals surface area contributed by atoms with Gasteiger partial charge in [0.05, 0.1) is 10.9 Å². The summed E-state index contributed by atoms with van der Waals surface area (Å²) in [6, 6.07) is 5.55. The topological polar surface area (TPSA) is 78.5 Å². The van der Waals surface area contributed by atoms with Gasteiger partial charge in [0.1, 0.15) is 0 Å². The maximum absolute atomic E-state index is 11.6. The van der Waals surface area contributed by atoms with Crippen molar-refractivity contribution in [3.63, 3.8) is 0 Å². The number of amides is 1. The van der Waals surface area contributed by atoms with Crippen LogP contribution in [0.5, 0.6) is 0 Å². The van der Waals surface area contributed by atoms with Gasteiger partial charge in [0, 0.05) is 25.5 Å². The second kappa shape index (κ2) is 5.72. The van der Waals surface area contributed by atoms with E-state index in [1.807, 2.05) is 19.1 Å². The normalized spacial score (nSPS) is 18.8. The quantitative estimate of drug-likeness (QED) is 0.869. The maximum Gasteiger partial charge on any atom is 0.279 e. The number of hydrogen-bond acceptors (Lipinski definition) is 4. The van der Waals surface area contributed by atoms with E-state index in [0.29, 0.717) is 0 Å². The molecule has 1 aliphatic heterocycles. The van der Waals surface area contributed by atoms with Crippen molar-refractivity contribution in [1.82, 2.24) is 9.03 Å². The van der Waals surface area contributed by atoms with Gasteiger partial charge in [-0.25, -0.2) is 0 Å². The number of nitrogens with one attached hydrogen (secondary N) is 2. The van der Waals surface area contributed by atoms with Crippen LogP contribution in [0, 0.1) is 0 Å². The number of hydrogen-bond donors (Lipinski definition) is 2. The first kappa shape index (κ1) is 15.3. The third kappa shape index (κ3) is 3.32. The van der Waals surface area contributed by atoms with Crippen LogP contribution in [0.3, 0.4) is 0 Å². The van der Waals surface area contributed by atoms with E-state index in [9.17, 15) is 13.2 Å². The second-order valence-electron chi connectivity index (χ2n) is 4.69. The fourth-order valence-corrected chi connectivity index (χ4v) is 3.21. The van der Waals surface area contributed by atoms with Crippen LogP contribution in [-0.4, -0.2) is 38.0 Å². The number of carbonyl (C=O) groups is 1. The summed E-state index contributed by atoms with van der Waals surface area (Å²) >= 11 is 1.50. The number of rotatable bonds is 4. The van der Waals surface area contributed by atoms with E-state index in [4.69, 9.17) is 0 Å². The third-order valence-electron chi connectivity index (χ3n) is 2.91. The Kier molecular flexibility index (Phi) is 4.38. The molecule has 1 amide bonds. The number of nitrogens with zero attached hydrogens (tertiary/aromatic N) is 1. The molecule has 0 bridgehead atoms. The van der Waals surface area contributed by atoms with Crippen LogP contribution in [-0.2, 0) is 21.5 Å². The molecular formula is C12H17N3O3S2. The van der Waals surface area contributed by atoms with E-state index in [0.717, 1.165) is 20.5 Å². The Balaban J connectivity index is 2.13. The molecule has 1 unspecified atom stereocenters. The summed E-state index contributed by atoms with van der Waals surface area (Å²) in [6.45, 7) is 2.03.